The van der Waals surface area contributed by atoms with Gasteiger partial charge in [0.25, 0.3) is 0 Å². The Labute approximate surface area is 120 Å². The summed E-state index contributed by atoms with van der Waals surface area (Å²) < 4.78 is 27.1. The summed E-state index contributed by atoms with van der Waals surface area (Å²) in [6.45, 7) is 3.21. The number of nitrogens with two attached hydrogens (primary N) is 1. The lowest BCUT2D eigenvalue weighted by atomic mass is 10.2. The van der Waals surface area contributed by atoms with Gasteiger partial charge in [-0.3, -0.25) is 4.90 Å². The Morgan fingerprint density at radius 3 is 2.80 bits per heavy atom. The number of benzene rings is 1. The van der Waals surface area contributed by atoms with Crippen LogP contribution in [0.25, 0.3) is 0 Å². The van der Waals surface area contributed by atoms with Crippen molar-refractivity contribution in [3.05, 3.63) is 24.3 Å². The van der Waals surface area contributed by atoms with Gasteiger partial charge in [0.2, 0.25) is 10.0 Å². The van der Waals surface area contributed by atoms with Gasteiger partial charge < -0.3 is 10.6 Å². The Morgan fingerprint density at radius 2 is 2.10 bits per heavy atom. The van der Waals surface area contributed by atoms with Gasteiger partial charge in [0.05, 0.1) is 4.90 Å². The maximum absolute atomic E-state index is 12.2. The lowest BCUT2D eigenvalue weighted by Crippen LogP contribution is -2.54. The summed E-state index contributed by atoms with van der Waals surface area (Å²) in [6.07, 6.45) is 0. The molecule has 112 valence electrons. The molecule has 1 saturated heterocycles. The highest BCUT2D eigenvalue weighted by molar-refractivity contribution is 7.89. The van der Waals surface area contributed by atoms with Crippen molar-refractivity contribution in [2.45, 2.75) is 10.9 Å². The Morgan fingerprint density at radius 1 is 1.35 bits per heavy atom. The van der Waals surface area contributed by atoms with Crippen molar-refractivity contribution in [1.29, 1.82) is 0 Å². The second-order valence-electron chi connectivity index (χ2n) is 5.32. The first-order valence-electron chi connectivity index (χ1n) is 6.62. The molecule has 1 aliphatic rings. The van der Waals surface area contributed by atoms with Crippen LogP contribution in [0, 0.1) is 0 Å². The van der Waals surface area contributed by atoms with Crippen molar-refractivity contribution in [3.63, 3.8) is 0 Å². The van der Waals surface area contributed by atoms with E-state index in [1.807, 2.05) is 14.1 Å². The smallest absolute Gasteiger partial charge is 0.240 e. The van der Waals surface area contributed by atoms with Crippen LogP contribution < -0.4 is 10.5 Å². The van der Waals surface area contributed by atoms with Gasteiger partial charge in [-0.25, -0.2) is 13.1 Å². The van der Waals surface area contributed by atoms with Crippen LogP contribution in [-0.4, -0.2) is 64.5 Å². The maximum atomic E-state index is 12.2. The number of nitrogens with zero attached hydrogens (tertiary/aromatic N) is 2. The fraction of sp³-hybridized carbons (Fsp3) is 0.538. The Balaban J connectivity index is 2.02. The number of anilines is 1. The number of rotatable bonds is 4. The fourth-order valence-corrected chi connectivity index (χ4v) is 3.42. The molecule has 1 aromatic carbocycles. The monoisotopic (exact) mass is 298 g/mol. The third-order valence-corrected chi connectivity index (χ3v) is 5.08. The summed E-state index contributed by atoms with van der Waals surface area (Å²) in [5.41, 5.74) is 6.07. The molecule has 0 amide bonds. The first-order valence-corrected chi connectivity index (χ1v) is 8.11. The van der Waals surface area contributed by atoms with Crippen LogP contribution in [0.4, 0.5) is 5.69 Å². The molecule has 1 atom stereocenters. The molecule has 1 aromatic rings. The quantitative estimate of drug-likeness (QED) is 0.752. The van der Waals surface area contributed by atoms with Crippen LogP contribution in [-0.2, 0) is 10.0 Å². The molecule has 0 radical (unpaired) electrons. The Hall–Kier alpha value is -1.15. The zero-order chi connectivity index (χ0) is 14.8. The van der Waals surface area contributed by atoms with Crippen molar-refractivity contribution in [1.82, 2.24) is 14.5 Å². The van der Waals surface area contributed by atoms with E-state index in [1.54, 1.807) is 18.2 Å². The highest BCUT2D eigenvalue weighted by atomic mass is 32.2. The molecule has 1 fully saturated rings. The molecule has 3 N–H and O–H groups in total. The fourth-order valence-electron chi connectivity index (χ4n) is 2.29. The van der Waals surface area contributed by atoms with Gasteiger partial charge in [0.15, 0.2) is 0 Å². The lowest BCUT2D eigenvalue weighted by Gasteiger charge is -2.37. The second-order valence-corrected chi connectivity index (χ2v) is 7.09. The van der Waals surface area contributed by atoms with Gasteiger partial charge in [-0.05, 0) is 32.3 Å². The van der Waals surface area contributed by atoms with Crippen molar-refractivity contribution in [3.8, 4) is 0 Å². The van der Waals surface area contributed by atoms with E-state index in [4.69, 9.17) is 5.73 Å². The van der Waals surface area contributed by atoms with Gasteiger partial charge in [0.1, 0.15) is 0 Å². The van der Waals surface area contributed by atoms with E-state index in [-0.39, 0.29) is 10.9 Å². The molecule has 2 rings (SSSR count). The summed E-state index contributed by atoms with van der Waals surface area (Å²) in [7, 11) is 0.570. The molecule has 1 heterocycles. The predicted octanol–water partition coefficient (Wildman–Crippen LogP) is -0.207. The average Bonchev–Trinajstić information content (AvgIpc) is 2.40. The topological polar surface area (TPSA) is 78.7 Å². The standard InChI is InChI=1S/C13H22N4O2S/c1-16-6-7-17(2)12(10-16)9-15-20(18,19)13-5-3-4-11(14)8-13/h3-5,8,12,15H,6-7,9-10,14H2,1-2H3. The number of likely N-dealkylation sites (N-methyl/N-ethyl adjacent to an activating group) is 2. The highest BCUT2D eigenvalue weighted by Crippen LogP contribution is 2.13. The first-order chi connectivity index (χ1) is 9.38. The van der Waals surface area contributed by atoms with E-state index in [0.717, 1.165) is 19.6 Å². The number of hydrogen-bond donors (Lipinski definition) is 2. The van der Waals surface area contributed by atoms with Crippen molar-refractivity contribution in [2.75, 3.05) is 46.0 Å². The van der Waals surface area contributed by atoms with Crippen molar-refractivity contribution in [2.24, 2.45) is 0 Å². The molecular formula is C13H22N4O2S. The third kappa shape index (κ3) is 3.69. The molecule has 1 aliphatic heterocycles. The lowest BCUT2D eigenvalue weighted by molar-refractivity contribution is 0.117. The molecule has 20 heavy (non-hydrogen) atoms. The van der Waals surface area contributed by atoms with Crippen LogP contribution in [0.1, 0.15) is 0 Å². The minimum Gasteiger partial charge on any atom is -0.399 e. The van der Waals surface area contributed by atoms with Gasteiger partial charge in [-0.15, -0.1) is 0 Å². The zero-order valence-electron chi connectivity index (χ0n) is 11.9. The summed E-state index contributed by atoms with van der Waals surface area (Å²) >= 11 is 0. The number of nitrogen functional groups attached to an aromatic ring is 1. The zero-order valence-corrected chi connectivity index (χ0v) is 12.7. The highest BCUT2D eigenvalue weighted by Gasteiger charge is 2.24. The van der Waals surface area contributed by atoms with Crippen LogP contribution in [0.5, 0.6) is 0 Å². The van der Waals surface area contributed by atoms with Crippen LogP contribution in [0.15, 0.2) is 29.2 Å². The Kier molecular flexibility index (Phi) is 4.64. The summed E-state index contributed by atoms with van der Waals surface area (Å²) in [5, 5.41) is 0. The molecule has 0 bridgehead atoms. The predicted molar refractivity (Wildman–Crippen MR) is 80.0 cm³/mol. The molecule has 0 spiro atoms. The van der Waals surface area contributed by atoms with E-state index in [2.05, 4.69) is 14.5 Å². The van der Waals surface area contributed by atoms with Gasteiger partial charge in [-0.1, -0.05) is 6.07 Å². The van der Waals surface area contributed by atoms with Crippen LogP contribution in [0.2, 0.25) is 0 Å². The minimum absolute atomic E-state index is 0.185. The van der Waals surface area contributed by atoms with Crippen molar-refractivity contribution >= 4 is 15.7 Å². The van der Waals surface area contributed by atoms with E-state index < -0.39 is 10.0 Å². The largest absolute Gasteiger partial charge is 0.399 e. The number of sulfonamides is 1. The molecule has 7 heteroatoms. The minimum atomic E-state index is -3.50. The maximum Gasteiger partial charge on any atom is 0.240 e. The third-order valence-electron chi connectivity index (χ3n) is 3.66. The van der Waals surface area contributed by atoms with Gasteiger partial charge in [0, 0.05) is 37.9 Å². The molecule has 0 saturated carbocycles. The van der Waals surface area contributed by atoms with E-state index in [9.17, 15) is 8.42 Å². The molecule has 0 aliphatic carbocycles. The first kappa shape index (κ1) is 15.2. The van der Waals surface area contributed by atoms with E-state index >= 15 is 0 Å². The normalized spacial score (nSPS) is 22.0. The number of piperazine rings is 1. The van der Waals surface area contributed by atoms with E-state index in [1.165, 1.54) is 6.07 Å². The second kappa shape index (κ2) is 6.09. The van der Waals surface area contributed by atoms with Gasteiger partial charge in [-0.2, -0.15) is 0 Å². The number of nitrogens with one attached hydrogen (secondary N) is 1. The van der Waals surface area contributed by atoms with E-state index in [0.29, 0.717) is 12.2 Å². The number of hydrogen-bond acceptors (Lipinski definition) is 5. The molecule has 6 nitrogen and oxygen atoms in total. The van der Waals surface area contributed by atoms with Crippen LogP contribution in [0.3, 0.4) is 0 Å². The molecule has 1 unspecified atom stereocenters. The Bertz CT molecular complexity index is 561. The van der Waals surface area contributed by atoms with Crippen LogP contribution >= 0.6 is 0 Å². The summed E-state index contributed by atoms with van der Waals surface area (Å²) in [4.78, 5) is 4.60. The average molecular weight is 298 g/mol. The molecular weight excluding hydrogens is 276 g/mol. The summed E-state index contributed by atoms with van der Waals surface area (Å²) in [6, 6.07) is 6.52. The van der Waals surface area contributed by atoms with Gasteiger partial charge >= 0.3 is 0 Å². The van der Waals surface area contributed by atoms with Crippen molar-refractivity contribution < 1.29 is 8.42 Å². The SMILES string of the molecule is CN1CCN(C)C(CNS(=O)(=O)c2cccc(N)c2)C1. The molecule has 0 aromatic heterocycles. The summed E-state index contributed by atoms with van der Waals surface area (Å²) in [5.74, 6) is 0.